The second kappa shape index (κ2) is 6.46. The van der Waals surface area contributed by atoms with Crippen molar-refractivity contribution in [2.75, 3.05) is 18.5 Å². The Morgan fingerprint density at radius 3 is 2.88 bits per heavy atom. The van der Waals surface area contributed by atoms with Crippen LogP contribution in [0, 0.1) is 0 Å². The van der Waals surface area contributed by atoms with Gasteiger partial charge in [0.25, 0.3) is 5.56 Å². The van der Waals surface area contributed by atoms with Crippen LogP contribution in [0.15, 0.2) is 23.3 Å². The number of fused-ring (bicyclic) bond motifs is 1. The lowest BCUT2D eigenvalue weighted by Crippen LogP contribution is -2.38. The van der Waals surface area contributed by atoms with Crippen LogP contribution in [0.5, 0.6) is 0 Å². The van der Waals surface area contributed by atoms with Gasteiger partial charge in [0.1, 0.15) is 18.2 Å². The molecular weight excluding hydrogens is 330 g/mol. The fourth-order valence-electron chi connectivity index (χ4n) is 4.14. The molecule has 2 aromatic rings. The maximum atomic E-state index is 12.5. The third-order valence-corrected chi connectivity index (χ3v) is 5.89. The Morgan fingerprint density at radius 1 is 1.12 bits per heavy atom. The molecule has 0 radical (unpaired) electrons. The van der Waals surface area contributed by atoms with Crippen molar-refractivity contribution in [2.45, 2.75) is 56.5 Å². The Labute approximate surface area is 151 Å². The molecule has 2 fully saturated rings. The standard InChI is InChI=1S/C19H23N5O2/c25-19-7-13-5-2-6-14(13)23-24(19)17-10-26-9-16(17)22-18-8-15(20-11-21-18)12-3-1-4-12/h7-8,11-12,16-17H,1-6,9-10H2,(H,20,21,22). The van der Waals surface area contributed by atoms with Crippen molar-refractivity contribution in [3.8, 4) is 0 Å². The van der Waals surface area contributed by atoms with Gasteiger partial charge < -0.3 is 10.1 Å². The van der Waals surface area contributed by atoms with E-state index in [0.717, 1.165) is 42.0 Å². The van der Waals surface area contributed by atoms with Gasteiger partial charge in [0.2, 0.25) is 0 Å². The van der Waals surface area contributed by atoms with Crippen LogP contribution in [0.1, 0.15) is 54.6 Å². The highest BCUT2D eigenvalue weighted by Crippen LogP contribution is 2.35. The van der Waals surface area contributed by atoms with Gasteiger partial charge in [-0.2, -0.15) is 5.10 Å². The van der Waals surface area contributed by atoms with Gasteiger partial charge >= 0.3 is 0 Å². The molecular formula is C19H23N5O2. The van der Waals surface area contributed by atoms with Crippen molar-refractivity contribution in [3.63, 3.8) is 0 Å². The van der Waals surface area contributed by atoms with Crippen molar-refractivity contribution in [1.82, 2.24) is 19.7 Å². The number of ether oxygens (including phenoxy) is 1. The van der Waals surface area contributed by atoms with Gasteiger partial charge in [-0.15, -0.1) is 0 Å². The molecule has 0 aromatic carbocycles. The average molecular weight is 353 g/mol. The molecule has 1 saturated carbocycles. The molecule has 2 aliphatic carbocycles. The lowest BCUT2D eigenvalue weighted by atomic mass is 9.83. The summed E-state index contributed by atoms with van der Waals surface area (Å²) in [5, 5.41) is 8.10. The Hall–Kier alpha value is -2.28. The van der Waals surface area contributed by atoms with E-state index < -0.39 is 0 Å². The molecule has 0 spiro atoms. The van der Waals surface area contributed by atoms with Crippen molar-refractivity contribution in [3.05, 3.63) is 45.8 Å². The Balaban J connectivity index is 1.39. The summed E-state index contributed by atoms with van der Waals surface area (Å²) < 4.78 is 7.29. The van der Waals surface area contributed by atoms with Gasteiger partial charge in [-0.3, -0.25) is 4.79 Å². The Kier molecular flexibility index (Phi) is 3.96. The summed E-state index contributed by atoms with van der Waals surface area (Å²) >= 11 is 0. The first-order chi connectivity index (χ1) is 12.8. The Bertz CT molecular complexity index is 876. The van der Waals surface area contributed by atoms with E-state index in [-0.39, 0.29) is 17.6 Å². The van der Waals surface area contributed by atoms with Crippen LogP contribution in [0.2, 0.25) is 0 Å². The molecule has 1 N–H and O–H groups in total. The first-order valence-electron chi connectivity index (χ1n) is 9.56. The number of aromatic nitrogens is 4. The van der Waals surface area contributed by atoms with E-state index in [0.29, 0.717) is 19.1 Å². The zero-order valence-corrected chi connectivity index (χ0v) is 14.7. The van der Waals surface area contributed by atoms with Crippen LogP contribution in [0.25, 0.3) is 0 Å². The van der Waals surface area contributed by atoms with E-state index >= 15 is 0 Å². The average Bonchev–Trinajstić information content (AvgIpc) is 3.21. The molecule has 1 saturated heterocycles. The fraction of sp³-hybridized carbons (Fsp3) is 0.579. The molecule has 5 rings (SSSR count). The zero-order valence-electron chi connectivity index (χ0n) is 14.7. The third kappa shape index (κ3) is 2.80. The number of hydrogen-bond acceptors (Lipinski definition) is 6. The molecule has 2 aromatic heterocycles. The first-order valence-corrected chi connectivity index (χ1v) is 9.56. The predicted octanol–water partition coefficient (Wildman–Crippen LogP) is 1.84. The predicted molar refractivity (Wildman–Crippen MR) is 96.4 cm³/mol. The summed E-state index contributed by atoms with van der Waals surface area (Å²) in [5.74, 6) is 1.37. The second-order valence-electron chi connectivity index (χ2n) is 7.56. The number of hydrogen-bond donors (Lipinski definition) is 1. The summed E-state index contributed by atoms with van der Waals surface area (Å²) in [6, 6.07) is 3.65. The van der Waals surface area contributed by atoms with Crippen LogP contribution < -0.4 is 10.9 Å². The van der Waals surface area contributed by atoms with Gasteiger partial charge in [0, 0.05) is 23.7 Å². The summed E-state index contributed by atoms with van der Waals surface area (Å²) in [6.07, 6.45) is 8.33. The van der Waals surface area contributed by atoms with Gasteiger partial charge in [-0.1, -0.05) is 6.42 Å². The molecule has 0 bridgehead atoms. The van der Waals surface area contributed by atoms with Crippen LogP contribution in [0.3, 0.4) is 0 Å². The van der Waals surface area contributed by atoms with Crippen molar-refractivity contribution < 1.29 is 4.74 Å². The van der Waals surface area contributed by atoms with Crippen LogP contribution >= 0.6 is 0 Å². The highest BCUT2D eigenvalue weighted by Gasteiger charge is 2.33. The van der Waals surface area contributed by atoms with Gasteiger partial charge in [0.15, 0.2) is 0 Å². The molecule has 1 aliphatic heterocycles. The lowest BCUT2D eigenvalue weighted by molar-refractivity contribution is 0.182. The van der Waals surface area contributed by atoms with E-state index in [4.69, 9.17) is 4.74 Å². The molecule has 2 atom stereocenters. The quantitative estimate of drug-likeness (QED) is 0.903. The summed E-state index contributed by atoms with van der Waals surface area (Å²) in [4.78, 5) is 21.3. The van der Waals surface area contributed by atoms with Crippen molar-refractivity contribution in [1.29, 1.82) is 0 Å². The first kappa shape index (κ1) is 15.9. The van der Waals surface area contributed by atoms with Crippen molar-refractivity contribution in [2.24, 2.45) is 0 Å². The number of rotatable bonds is 4. The van der Waals surface area contributed by atoms with E-state index in [1.165, 1.54) is 19.3 Å². The van der Waals surface area contributed by atoms with Crippen LogP contribution in [0.4, 0.5) is 5.82 Å². The number of aryl methyl sites for hydroxylation is 2. The van der Waals surface area contributed by atoms with Gasteiger partial charge in [0.05, 0.1) is 24.9 Å². The normalized spacial score (nSPS) is 25.1. The molecule has 2 unspecified atom stereocenters. The van der Waals surface area contributed by atoms with Gasteiger partial charge in [-0.25, -0.2) is 14.6 Å². The maximum Gasteiger partial charge on any atom is 0.267 e. The molecule has 3 aliphatic rings. The van der Waals surface area contributed by atoms with Gasteiger partial charge in [-0.05, 0) is 37.7 Å². The minimum Gasteiger partial charge on any atom is -0.377 e. The molecule has 26 heavy (non-hydrogen) atoms. The molecule has 7 heteroatoms. The minimum absolute atomic E-state index is 0.0243. The maximum absolute atomic E-state index is 12.5. The molecule has 7 nitrogen and oxygen atoms in total. The zero-order chi connectivity index (χ0) is 17.5. The third-order valence-electron chi connectivity index (χ3n) is 5.89. The van der Waals surface area contributed by atoms with Crippen molar-refractivity contribution >= 4 is 5.82 Å². The summed E-state index contributed by atoms with van der Waals surface area (Å²) in [6.45, 7) is 1.03. The number of anilines is 1. The summed E-state index contributed by atoms with van der Waals surface area (Å²) in [5.41, 5.74) is 3.24. The molecule has 3 heterocycles. The van der Waals surface area contributed by atoms with E-state index in [9.17, 15) is 4.79 Å². The largest absolute Gasteiger partial charge is 0.377 e. The minimum atomic E-state index is -0.115. The Morgan fingerprint density at radius 2 is 2.04 bits per heavy atom. The number of nitrogens with zero attached hydrogens (tertiary/aromatic N) is 4. The second-order valence-corrected chi connectivity index (χ2v) is 7.56. The molecule has 136 valence electrons. The number of nitrogens with one attached hydrogen (secondary N) is 1. The monoisotopic (exact) mass is 353 g/mol. The van der Waals surface area contributed by atoms with E-state index in [1.54, 1.807) is 17.1 Å². The molecule has 0 amide bonds. The topological polar surface area (TPSA) is 81.9 Å². The SMILES string of the molecule is O=c1cc2c(nn1C1COCC1Nc1cc(C3CCC3)ncn1)CCC2. The summed E-state index contributed by atoms with van der Waals surface area (Å²) in [7, 11) is 0. The van der Waals surface area contributed by atoms with Crippen LogP contribution in [-0.2, 0) is 17.6 Å². The lowest BCUT2D eigenvalue weighted by Gasteiger charge is -2.25. The smallest absolute Gasteiger partial charge is 0.267 e. The van der Waals surface area contributed by atoms with E-state index in [1.807, 2.05) is 6.07 Å². The highest BCUT2D eigenvalue weighted by atomic mass is 16.5. The highest BCUT2D eigenvalue weighted by molar-refractivity contribution is 5.38. The van der Waals surface area contributed by atoms with E-state index in [2.05, 4.69) is 20.4 Å². The fourth-order valence-corrected chi connectivity index (χ4v) is 4.14. The van der Waals surface area contributed by atoms with Crippen LogP contribution in [-0.4, -0.2) is 39.0 Å².